The molecule has 3 aromatic rings. The fraction of sp³-hybridized carbons (Fsp3) is 0.143. The van der Waals surface area contributed by atoms with Gasteiger partial charge in [0.15, 0.2) is 0 Å². The number of hydrogen-bond donors (Lipinski definition) is 1. The van der Waals surface area contributed by atoms with Crippen molar-refractivity contribution < 1.29 is 9.18 Å². The Kier molecular flexibility index (Phi) is 4.89. The molecule has 0 aliphatic carbocycles. The van der Waals surface area contributed by atoms with Crippen LogP contribution in [0.2, 0.25) is 0 Å². The van der Waals surface area contributed by atoms with Crippen molar-refractivity contribution in [3.05, 3.63) is 83.9 Å². The largest absolute Gasteiger partial charge is 0.326 e. The Morgan fingerprint density at radius 2 is 1.80 bits per heavy atom. The molecule has 0 bridgehead atoms. The average Bonchev–Trinajstić information content (AvgIpc) is 2.61. The van der Waals surface area contributed by atoms with Crippen molar-refractivity contribution in [1.82, 2.24) is 4.98 Å². The molecule has 1 atom stereocenters. The summed E-state index contributed by atoms with van der Waals surface area (Å²) in [6.45, 7) is 3.71. The van der Waals surface area contributed by atoms with Gasteiger partial charge < -0.3 is 5.32 Å². The fourth-order valence-corrected chi connectivity index (χ4v) is 2.65. The molecule has 1 amide bonds. The second-order valence-corrected chi connectivity index (χ2v) is 6.03. The molecule has 126 valence electrons. The summed E-state index contributed by atoms with van der Waals surface area (Å²) in [7, 11) is 0. The number of amides is 1. The SMILES string of the molecule is Cc1cc(-c2ccc(NC(=O)[C@H](C)c3cccc(F)c3)cc2)ccn1. The normalized spacial score (nSPS) is 11.8. The Morgan fingerprint density at radius 3 is 2.48 bits per heavy atom. The number of nitrogens with one attached hydrogen (secondary N) is 1. The van der Waals surface area contributed by atoms with Crippen molar-refractivity contribution in [2.75, 3.05) is 5.32 Å². The minimum absolute atomic E-state index is 0.168. The zero-order valence-electron chi connectivity index (χ0n) is 14.2. The van der Waals surface area contributed by atoms with Gasteiger partial charge in [-0.1, -0.05) is 24.3 Å². The van der Waals surface area contributed by atoms with Gasteiger partial charge in [-0.15, -0.1) is 0 Å². The molecule has 3 rings (SSSR count). The van der Waals surface area contributed by atoms with Crippen LogP contribution in [-0.2, 0) is 4.79 Å². The molecule has 0 unspecified atom stereocenters. The van der Waals surface area contributed by atoms with E-state index in [9.17, 15) is 9.18 Å². The van der Waals surface area contributed by atoms with Crippen LogP contribution < -0.4 is 5.32 Å². The topological polar surface area (TPSA) is 42.0 Å². The molecule has 3 nitrogen and oxygen atoms in total. The lowest BCUT2D eigenvalue weighted by Gasteiger charge is -2.13. The van der Waals surface area contributed by atoms with E-state index in [0.717, 1.165) is 16.8 Å². The average molecular weight is 334 g/mol. The van der Waals surface area contributed by atoms with Crippen LogP contribution in [0.15, 0.2) is 66.9 Å². The number of rotatable bonds is 4. The van der Waals surface area contributed by atoms with Crippen LogP contribution in [0.3, 0.4) is 0 Å². The Hall–Kier alpha value is -3.01. The Labute approximate surface area is 146 Å². The Balaban J connectivity index is 1.72. The van der Waals surface area contributed by atoms with Crippen LogP contribution in [0.5, 0.6) is 0 Å². The summed E-state index contributed by atoms with van der Waals surface area (Å²) in [4.78, 5) is 16.6. The number of aryl methyl sites for hydroxylation is 1. The summed E-state index contributed by atoms with van der Waals surface area (Å²) in [5.74, 6) is -0.939. The van der Waals surface area contributed by atoms with Gasteiger partial charge in [-0.25, -0.2) is 4.39 Å². The van der Waals surface area contributed by atoms with E-state index in [1.807, 2.05) is 43.3 Å². The summed E-state index contributed by atoms with van der Waals surface area (Å²) >= 11 is 0. The standard InChI is InChI=1S/C21H19FN2O/c1-14-12-18(10-11-23-14)16-6-8-20(9-7-16)24-21(25)15(2)17-4-3-5-19(22)13-17/h3-13,15H,1-2H3,(H,24,25)/t15-/m1/s1. The number of halogens is 1. The number of carbonyl (C=O) groups is 1. The predicted octanol–water partition coefficient (Wildman–Crippen LogP) is 4.94. The lowest BCUT2D eigenvalue weighted by atomic mass is 10.00. The molecule has 0 fully saturated rings. The molecular formula is C21H19FN2O. The highest BCUT2D eigenvalue weighted by molar-refractivity contribution is 5.95. The smallest absolute Gasteiger partial charge is 0.231 e. The van der Waals surface area contributed by atoms with Crippen LogP contribution in [0.4, 0.5) is 10.1 Å². The van der Waals surface area contributed by atoms with Gasteiger partial charge in [0.1, 0.15) is 5.82 Å². The van der Waals surface area contributed by atoms with Crippen LogP contribution in [0, 0.1) is 12.7 Å². The van der Waals surface area contributed by atoms with Crippen molar-refractivity contribution in [2.24, 2.45) is 0 Å². The Morgan fingerprint density at radius 1 is 1.04 bits per heavy atom. The van der Waals surface area contributed by atoms with Crippen molar-refractivity contribution >= 4 is 11.6 Å². The van der Waals surface area contributed by atoms with Gasteiger partial charge in [-0.05, 0) is 66.9 Å². The summed E-state index contributed by atoms with van der Waals surface area (Å²) in [6.07, 6.45) is 1.78. The van der Waals surface area contributed by atoms with E-state index in [-0.39, 0.29) is 11.7 Å². The quantitative estimate of drug-likeness (QED) is 0.734. The van der Waals surface area contributed by atoms with E-state index >= 15 is 0 Å². The van der Waals surface area contributed by atoms with Crippen LogP contribution in [-0.4, -0.2) is 10.9 Å². The van der Waals surface area contributed by atoms with Gasteiger partial charge in [-0.3, -0.25) is 9.78 Å². The predicted molar refractivity (Wildman–Crippen MR) is 97.9 cm³/mol. The highest BCUT2D eigenvalue weighted by Gasteiger charge is 2.15. The molecular weight excluding hydrogens is 315 g/mol. The zero-order valence-corrected chi connectivity index (χ0v) is 14.2. The van der Waals surface area contributed by atoms with E-state index in [1.54, 1.807) is 25.3 Å². The van der Waals surface area contributed by atoms with E-state index < -0.39 is 5.92 Å². The summed E-state index contributed by atoms with van der Waals surface area (Å²) < 4.78 is 13.3. The number of benzene rings is 2. The molecule has 0 saturated heterocycles. The highest BCUT2D eigenvalue weighted by Crippen LogP contribution is 2.23. The maximum Gasteiger partial charge on any atom is 0.231 e. The van der Waals surface area contributed by atoms with E-state index in [0.29, 0.717) is 11.3 Å². The number of nitrogens with zero attached hydrogens (tertiary/aromatic N) is 1. The maximum atomic E-state index is 13.3. The first kappa shape index (κ1) is 16.8. The fourth-order valence-electron chi connectivity index (χ4n) is 2.65. The van der Waals surface area contributed by atoms with Gasteiger partial charge in [0.2, 0.25) is 5.91 Å². The van der Waals surface area contributed by atoms with E-state index in [4.69, 9.17) is 0 Å². The van der Waals surface area contributed by atoms with Crippen LogP contribution in [0.25, 0.3) is 11.1 Å². The summed E-state index contributed by atoms with van der Waals surface area (Å²) in [5.41, 5.74) is 4.46. The maximum absolute atomic E-state index is 13.3. The molecule has 1 aromatic heterocycles. The monoisotopic (exact) mass is 334 g/mol. The third-order valence-corrected chi connectivity index (χ3v) is 4.12. The number of anilines is 1. The van der Waals surface area contributed by atoms with Gasteiger partial charge in [0.25, 0.3) is 0 Å². The van der Waals surface area contributed by atoms with Crippen molar-refractivity contribution in [3.8, 4) is 11.1 Å². The van der Waals surface area contributed by atoms with E-state index in [2.05, 4.69) is 10.3 Å². The van der Waals surface area contributed by atoms with Gasteiger partial charge in [0, 0.05) is 17.6 Å². The first-order chi connectivity index (χ1) is 12.0. The zero-order chi connectivity index (χ0) is 17.8. The second-order valence-electron chi connectivity index (χ2n) is 6.03. The second kappa shape index (κ2) is 7.26. The van der Waals surface area contributed by atoms with Gasteiger partial charge in [-0.2, -0.15) is 0 Å². The molecule has 0 saturated carbocycles. The van der Waals surface area contributed by atoms with Crippen molar-refractivity contribution in [3.63, 3.8) is 0 Å². The van der Waals surface area contributed by atoms with Gasteiger partial charge >= 0.3 is 0 Å². The lowest BCUT2D eigenvalue weighted by Crippen LogP contribution is -2.18. The first-order valence-electron chi connectivity index (χ1n) is 8.12. The molecule has 4 heteroatoms. The molecule has 0 aliphatic rings. The highest BCUT2D eigenvalue weighted by atomic mass is 19.1. The summed E-state index contributed by atoms with van der Waals surface area (Å²) in [5, 5.41) is 2.88. The van der Waals surface area contributed by atoms with Crippen LogP contribution >= 0.6 is 0 Å². The third kappa shape index (κ3) is 4.10. The van der Waals surface area contributed by atoms with Crippen molar-refractivity contribution in [1.29, 1.82) is 0 Å². The molecule has 1 N–H and O–H groups in total. The molecule has 0 radical (unpaired) electrons. The minimum Gasteiger partial charge on any atom is -0.326 e. The molecule has 0 spiro atoms. The van der Waals surface area contributed by atoms with E-state index in [1.165, 1.54) is 12.1 Å². The lowest BCUT2D eigenvalue weighted by molar-refractivity contribution is -0.117. The number of hydrogen-bond acceptors (Lipinski definition) is 2. The summed E-state index contributed by atoms with van der Waals surface area (Å²) in [6, 6.07) is 17.7. The molecule has 1 heterocycles. The number of pyridine rings is 1. The third-order valence-electron chi connectivity index (χ3n) is 4.12. The van der Waals surface area contributed by atoms with Crippen LogP contribution in [0.1, 0.15) is 24.1 Å². The number of aromatic nitrogens is 1. The minimum atomic E-state index is -0.432. The van der Waals surface area contributed by atoms with Gasteiger partial charge in [0.05, 0.1) is 5.92 Å². The Bertz CT molecular complexity index is 890. The molecule has 2 aromatic carbocycles. The van der Waals surface area contributed by atoms with Crippen molar-refractivity contribution in [2.45, 2.75) is 19.8 Å². The first-order valence-corrected chi connectivity index (χ1v) is 8.12. The number of carbonyl (C=O) groups excluding carboxylic acids is 1. The molecule has 0 aliphatic heterocycles. The molecule has 25 heavy (non-hydrogen) atoms.